The van der Waals surface area contributed by atoms with Gasteiger partial charge in [0.15, 0.2) is 0 Å². The van der Waals surface area contributed by atoms with E-state index in [0.717, 1.165) is 15.8 Å². The molecule has 0 fully saturated rings. The molecule has 4 nitrogen and oxygen atoms in total. The van der Waals surface area contributed by atoms with Crippen LogP contribution in [0.2, 0.25) is 0 Å². The molecule has 3 rings (SSSR count). The molecular weight excluding hydrogens is 332 g/mol. The van der Waals surface area contributed by atoms with Crippen molar-refractivity contribution in [1.29, 1.82) is 0 Å². The highest BCUT2D eigenvalue weighted by Gasteiger charge is 2.28. The molecule has 1 aliphatic heterocycles. The van der Waals surface area contributed by atoms with Crippen LogP contribution in [0.5, 0.6) is 11.5 Å². The third-order valence-electron chi connectivity index (χ3n) is 3.69. The van der Waals surface area contributed by atoms with Crippen molar-refractivity contribution < 1.29 is 9.53 Å². The number of amides is 1. The minimum absolute atomic E-state index is 0.194. The summed E-state index contributed by atoms with van der Waals surface area (Å²) in [7, 11) is 0. The maximum Gasteiger partial charge on any atom is 0.245 e. The van der Waals surface area contributed by atoms with Gasteiger partial charge < -0.3 is 15.8 Å². The molecule has 0 aromatic heterocycles. The van der Waals surface area contributed by atoms with Crippen molar-refractivity contribution in [2.45, 2.75) is 19.9 Å². The van der Waals surface area contributed by atoms with Gasteiger partial charge in [-0.1, -0.05) is 6.07 Å². The van der Waals surface area contributed by atoms with Gasteiger partial charge in [0, 0.05) is 17.3 Å². The number of halogens is 1. The average Bonchev–Trinajstić information content (AvgIpc) is 2.70. The second kappa shape index (κ2) is 5.16. The zero-order valence-corrected chi connectivity index (χ0v) is 13.3. The first kappa shape index (κ1) is 14.1. The molecule has 0 spiro atoms. The van der Waals surface area contributed by atoms with Crippen molar-refractivity contribution in [3.05, 3.63) is 51.5 Å². The number of ether oxygens (including phenoxy) is 1. The summed E-state index contributed by atoms with van der Waals surface area (Å²) in [6.07, 6.45) is 0. The highest BCUT2D eigenvalue weighted by molar-refractivity contribution is 9.10. The van der Waals surface area contributed by atoms with Crippen LogP contribution < -0.4 is 15.8 Å². The molecule has 1 unspecified atom stereocenters. The van der Waals surface area contributed by atoms with Gasteiger partial charge in [0.2, 0.25) is 5.91 Å². The second-order valence-electron chi connectivity index (χ2n) is 5.18. The maximum absolute atomic E-state index is 11.6. The van der Waals surface area contributed by atoms with E-state index in [0.29, 0.717) is 11.4 Å². The average molecular weight is 347 g/mol. The number of aryl methyl sites for hydroxylation is 2. The zero-order chi connectivity index (χ0) is 15.1. The number of benzene rings is 2. The van der Waals surface area contributed by atoms with Crippen molar-refractivity contribution in [2.75, 3.05) is 5.32 Å². The van der Waals surface area contributed by atoms with Gasteiger partial charge in [-0.05, 0) is 59.1 Å². The van der Waals surface area contributed by atoms with Crippen LogP contribution in [0.15, 0.2) is 34.8 Å². The summed E-state index contributed by atoms with van der Waals surface area (Å²) < 4.78 is 6.67. The summed E-state index contributed by atoms with van der Waals surface area (Å²) in [6.45, 7) is 4.10. The number of anilines is 1. The van der Waals surface area contributed by atoms with Gasteiger partial charge >= 0.3 is 0 Å². The van der Waals surface area contributed by atoms with E-state index in [1.165, 1.54) is 11.1 Å². The van der Waals surface area contributed by atoms with Crippen LogP contribution in [0.3, 0.4) is 0 Å². The highest BCUT2D eigenvalue weighted by Crippen LogP contribution is 2.39. The molecule has 2 aromatic carbocycles. The monoisotopic (exact) mass is 346 g/mol. The van der Waals surface area contributed by atoms with Crippen LogP contribution in [0.25, 0.3) is 0 Å². The van der Waals surface area contributed by atoms with Crippen LogP contribution in [-0.4, -0.2) is 5.91 Å². The SMILES string of the molecule is Cc1ccc(Oc2cc3c(cc2Br)C(N)C(=O)N3)cc1C. The number of hydrogen-bond acceptors (Lipinski definition) is 3. The van der Waals surface area contributed by atoms with Crippen LogP contribution in [0.4, 0.5) is 5.69 Å². The predicted molar refractivity (Wildman–Crippen MR) is 85.7 cm³/mol. The Morgan fingerprint density at radius 1 is 1.19 bits per heavy atom. The number of nitrogens with two attached hydrogens (primary N) is 1. The molecule has 1 aliphatic rings. The van der Waals surface area contributed by atoms with Gasteiger partial charge in [0.1, 0.15) is 17.5 Å². The number of fused-ring (bicyclic) bond motifs is 1. The fourth-order valence-electron chi connectivity index (χ4n) is 2.27. The number of carbonyl (C=O) groups is 1. The van der Waals surface area contributed by atoms with Gasteiger partial charge in [-0.2, -0.15) is 0 Å². The molecule has 0 saturated carbocycles. The predicted octanol–water partition coefficient (Wildman–Crippen LogP) is 3.81. The first-order chi connectivity index (χ1) is 9.95. The van der Waals surface area contributed by atoms with Crippen LogP contribution in [0.1, 0.15) is 22.7 Å². The van der Waals surface area contributed by atoms with Crippen LogP contribution >= 0.6 is 15.9 Å². The standard InChI is InChI=1S/C16H15BrN2O2/c1-8-3-4-10(5-9(8)2)21-14-7-13-11(6-12(14)17)15(18)16(20)19-13/h3-7,15H,18H2,1-2H3,(H,19,20). The number of rotatable bonds is 2. The molecule has 1 amide bonds. The lowest BCUT2D eigenvalue weighted by Crippen LogP contribution is -2.19. The van der Waals surface area contributed by atoms with E-state index in [4.69, 9.17) is 10.5 Å². The van der Waals surface area contributed by atoms with E-state index in [2.05, 4.69) is 28.2 Å². The molecule has 0 saturated heterocycles. The minimum atomic E-state index is -0.619. The van der Waals surface area contributed by atoms with Gasteiger partial charge in [-0.25, -0.2) is 0 Å². The van der Waals surface area contributed by atoms with E-state index in [1.807, 2.05) is 31.2 Å². The molecule has 0 radical (unpaired) electrons. The van der Waals surface area contributed by atoms with Crippen molar-refractivity contribution in [2.24, 2.45) is 5.73 Å². The first-order valence-electron chi connectivity index (χ1n) is 6.60. The van der Waals surface area contributed by atoms with E-state index in [-0.39, 0.29) is 5.91 Å². The minimum Gasteiger partial charge on any atom is -0.456 e. The third-order valence-corrected chi connectivity index (χ3v) is 4.31. The molecular formula is C16H15BrN2O2. The van der Waals surface area contributed by atoms with E-state index in [9.17, 15) is 4.79 Å². The molecule has 0 aliphatic carbocycles. The summed E-state index contributed by atoms with van der Waals surface area (Å²) >= 11 is 3.47. The van der Waals surface area contributed by atoms with E-state index >= 15 is 0 Å². The topological polar surface area (TPSA) is 64.3 Å². The van der Waals surface area contributed by atoms with Gasteiger partial charge in [-0.15, -0.1) is 0 Å². The summed E-state index contributed by atoms with van der Waals surface area (Å²) in [4.78, 5) is 11.6. The Morgan fingerprint density at radius 3 is 2.67 bits per heavy atom. The molecule has 1 heterocycles. The largest absolute Gasteiger partial charge is 0.456 e. The zero-order valence-electron chi connectivity index (χ0n) is 11.7. The Kier molecular flexibility index (Phi) is 3.47. The lowest BCUT2D eigenvalue weighted by molar-refractivity contribution is -0.116. The van der Waals surface area contributed by atoms with E-state index < -0.39 is 6.04 Å². The fraction of sp³-hybridized carbons (Fsp3) is 0.188. The number of hydrogen-bond donors (Lipinski definition) is 2. The van der Waals surface area contributed by atoms with Crippen LogP contribution in [0, 0.1) is 13.8 Å². The second-order valence-corrected chi connectivity index (χ2v) is 6.04. The molecule has 2 aromatic rings. The van der Waals surface area contributed by atoms with Gasteiger partial charge in [0.25, 0.3) is 0 Å². The van der Waals surface area contributed by atoms with Crippen molar-refractivity contribution in [3.63, 3.8) is 0 Å². The Hall–Kier alpha value is -1.85. The maximum atomic E-state index is 11.6. The lowest BCUT2D eigenvalue weighted by atomic mass is 10.1. The Balaban J connectivity index is 1.95. The Bertz CT molecular complexity index is 743. The highest BCUT2D eigenvalue weighted by atomic mass is 79.9. The molecule has 21 heavy (non-hydrogen) atoms. The summed E-state index contributed by atoms with van der Waals surface area (Å²) in [5.41, 5.74) is 9.69. The molecule has 3 N–H and O–H groups in total. The van der Waals surface area contributed by atoms with Crippen molar-refractivity contribution in [3.8, 4) is 11.5 Å². The molecule has 108 valence electrons. The van der Waals surface area contributed by atoms with Crippen molar-refractivity contribution in [1.82, 2.24) is 0 Å². The molecule has 5 heteroatoms. The normalized spacial score (nSPS) is 16.6. The Morgan fingerprint density at radius 2 is 1.95 bits per heavy atom. The summed E-state index contributed by atoms with van der Waals surface area (Å²) in [5, 5.41) is 2.76. The number of carbonyl (C=O) groups excluding carboxylic acids is 1. The molecule has 1 atom stereocenters. The number of nitrogens with one attached hydrogen (secondary N) is 1. The van der Waals surface area contributed by atoms with Crippen LogP contribution in [-0.2, 0) is 4.79 Å². The summed E-state index contributed by atoms with van der Waals surface area (Å²) in [6, 6.07) is 8.93. The first-order valence-corrected chi connectivity index (χ1v) is 7.40. The van der Waals surface area contributed by atoms with Gasteiger partial charge in [-0.3, -0.25) is 4.79 Å². The van der Waals surface area contributed by atoms with Crippen molar-refractivity contribution >= 4 is 27.5 Å². The summed E-state index contributed by atoms with van der Waals surface area (Å²) in [5.74, 6) is 1.21. The van der Waals surface area contributed by atoms with Gasteiger partial charge in [0.05, 0.1) is 4.47 Å². The lowest BCUT2D eigenvalue weighted by Gasteiger charge is -2.11. The smallest absolute Gasteiger partial charge is 0.245 e. The quantitative estimate of drug-likeness (QED) is 0.868. The van der Waals surface area contributed by atoms with E-state index in [1.54, 1.807) is 6.07 Å². The Labute approximate surface area is 131 Å². The molecule has 0 bridgehead atoms. The third kappa shape index (κ3) is 2.54. The fourth-order valence-corrected chi connectivity index (χ4v) is 2.71.